The van der Waals surface area contributed by atoms with Crippen LogP contribution in [0.1, 0.15) is 11.3 Å². The largest absolute Gasteiger partial charge is 0.435 e. The Bertz CT molecular complexity index is 883. The maximum Gasteiger partial charge on any atom is 0.435 e. The van der Waals surface area contributed by atoms with Gasteiger partial charge in [-0.1, -0.05) is 47.5 Å². The van der Waals surface area contributed by atoms with Crippen LogP contribution in [0.2, 0.25) is 5.02 Å². The molecule has 0 saturated carbocycles. The molecule has 2 aromatic carbocycles. The van der Waals surface area contributed by atoms with Crippen molar-refractivity contribution in [2.24, 2.45) is 0 Å². The topological polar surface area (TPSA) is 43.8 Å². The lowest BCUT2D eigenvalue weighted by Gasteiger charge is -2.07. The fourth-order valence-electron chi connectivity index (χ4n) is 2.44. The third-order valence-electron chi connectivity index (χ3n) is 3.58. The molecular formula is C17H13ClF3N3. The number of aryl methyl sites for hydroxylation is 1. The maximum absolute atomic E-state index is 13.4. The van der Waals surface area contributed by atoms with Crippen LogP contribution in [0.15, 0.2) is 48.5 Å². The van der Waals surface area contributed by atoms with Gasteiger partial charge in [-0.15, -0.1) is 0 Å². The van der Waals surface area contributed by atoms with E-state index < -0.39 is 11.9 Å². The predicted octanol–water partition coefficient (Wildman–Crippen LogP) is 5.10. The predicted molar refractivity (Wildman–Crippen MR) is 88.2 cm³/mol. The summed E-state index contributed by atoms with van der Waals surface area (Å²) in [6.07, 6.45) is -4.63. The first kappa shape index (κ1) is 16.4. The lowest BCUT2D eigenvalue weighted by atomic mass is 10.0. The van der Waals surface area contributed by atoms with Crippen molar-refractivity contribution in [1.82, 2.24) is 9.78 Å². The van der Waals surface area contributed by atoms with Gasteiger partial charge < -0.3 is 5.73 Å². The molecule has 0 saturated heterocycles. The number of halogens is 4. The zero-order chi connectivity index (χ0) is 17.5. The molecule has 7 heteroatoms. The van der Waals surface area contributed by atoms with E-state index in [1.54, 1.807) is 42.5 Å². The molecule has 24 heavy (non-hydrogen) atoms. The number of hydrogen-bond donors (Lipinski definition) is 1. The van der Waals surface area contributed by atoms with E-state index in [0.717, 1.165) is 10.2 Å². The number of alkyl halides is 3. The summed E-state index contributed by atoms with van der Waals surface area (Å²) in [5.41, 5.74) is 6.51. The van der Waals surface area contributed by atoms with Gasteiger partial charge in [-0.2, -0.15) is 18.3 Å². The molecule has 0 bridgehead atoms. The summed E-state index contributed by atoms with van der Waals surface area (Å²) in [4.78, 5) is 0. The number of aromatic nitrogens is 2. The number of nitrogen functional groups attached to an aromatic ring is 1. The third-order valence-corrected chi connectivity index (χ3v) is 3.82. The van der Waals surface area contributed by atoms with E-state index in [1.807, 2.05) is 6.92 Å². The molecule has 0 unspecified atom stereocenters. The zero-order valence-electron chi connectivity index (χ0n) is 12.6. The van der Waals surface area contributed by atoms with E-state index in [1.165, 1.54) is 6.07 Å². The van der Waals surface area contributed by atoms with Gasteiger partial charge in [0.15, 0.2) is 5.69 Å². The molecule has 1 heterocycles. The van der Waals surface area contributed by atoms with Crippen molar-refractivity contribution in [3.05, 3.63) is 64.8 Å². The number of rotatable bonds is 2. The number of benzene rings is 2. The zero-order valence-corrected chi connectivity index (χ0v) is 13.4. The summed E-state index contributed by atoms with van der Waals surface area (Å²) in [7, 11) is 0. The van der Waals surface area contributed by atoms with Crippen LogP contribution in [-0.4, -0.2) is 9.78 Å². The molecule has 1 aromatic heterocycles. The molecule has 0 fully saturated rings. The molecule has 0 aliphatic rings. The Morgan fingerprint density at radius 1 is 1.08 bits per heavy atom. The average Bonchev–Trinajstić information content (AvgIpc) is 2.86. The van der Waals surface area contributed by atoms with Gasteiger partial charge in [0.1, 0.15) is 5.82 Å². The van der Waals surface area contributed by atoms with E-state index >= 15 is 0 Å². The van der Waals surface area contributed by atoms with Gasteiger partial charge in [0.2, 0.25) is 0 Å². The van der Waals surface area contributed by atoms with Crippen LogP contribution in [-0.2, 0) is 6.18 Å². The molecule has 0 aliphatic carbocycles. The summed E-state index contributed by atoms with van der Waals surface area (Å²) in [5.74, 6) is -0.0894. The van der Waals surface area contributed by atoms with Crippen molar-refractivity contribution < 1.29 is 13.2 Å². The first-order valence-electron chi connectivity index (χ1n) is 7.06. The normalized spacial score (nSPS) is 11.7. The highest BCUT2D eigenvalue weighted by Crippen LogP contribution is 2.40. The Morgan fingerprint density at radius 3 is 2.33 bits per heavy atom. The van der Waals surface area contributed by atoms with Gasteiger partial charge in [-0.25, -0.2) is 4.68 Å². The van der Waals surface area contributed by atoms with Crippen molar-refractivity contribution in [1.29, 1.82) is 0 Å². The highest BCUT2D eigenvalue weighted by Gasteiger charge is 2.39. The molecule has 3 nitrogen and oxygen atoms in total. The Morgan fingerprint density at radius 2 is 1.75 bits per heavy atom. The second-order valence-electron chi connectivity index (χ2n) is 5.36. The average molecular weight is 352 g/mol. The Kier molecular flexibility index (Phi) is 4.01. The highest BCUT2D eigenvalue weighted by molar-refractivity contribution is 6.30. The van der Waals surface area contributed by atoms with Crippen molar-refractivity contribution in [3.8, 4) is 16.8 Å². The Hall–Kier alpha value is -2.47. The van der Waals surface area contributed by atoms with Gasteiger partial charge in [0.25, 0.3) is 0 Å². The molecule has 3 aromatic rings. The summed E-state index contributed by atoms with van der Waals surface area (Å²) in [6.45, 7) is 1.85. The minimum atomic E-state index is -4.63. The number of hydrogen-bond acceptors (Lipinski definition) is 2. The van der Waals surface area contributed by atoms with E-state index in [4.69, 9.17) is 17.3 Å². The SMILES string of the molecule is Cc1ccc(-c2c(C(F)(F)F)nn(-c3cccc(Cl)c3)c2N)cc1. The molecule has 0 aliphatic heterocycles. The van der Waals surface area contributed by atoms with Crippen LogP contribution < -0.4 is 5.73 Å². The molecule has 0 atom stereocenters. The minimum Gasteiger partial charge on any atom is -0.383 e. The monoisotopic (exact) mass is 351 g/mol. The lowest BCUT2D eigenvalue weighted by Crippen LogP contribution is -2.08. The van der Waals surface area contributed by atoms with Crippen LogP contribution in [0.25, 0.3) is 16.8 Å². The van der Waals surface area contributed by atoms with Crippen LogP contribution in [0, 0.1) is 6.92 Å². The quantitative estimate of drug-likeness (QED) is 0.697. The number of anilines is 1. The molecule has 0 amide bonds. The van der Waals surface area contributed by atoms with Gasteiger partial charge in [0, 0.05) is 5.02 Å². The molecule has 124 valence electrons. The van der Waals surface area contributed by atoms with Crippen molar-refractivity contribution in [2.45, 2.75) is 13.1 Å². The molecular weight excluding hydrogens is 339 g/mol. The van der Waals surface area contributed by atoms with Crippen LogP contribution in [0.5, 0.6) is 0 Å². The van der Waals surface area contributed by atoms with E-state index in [-0.39, 0.29) is 11.4 Å². The molecule has 3 rings (SSSR count). The molecule has 0 radical (unpaired) electrons. The second kappa shape index (κ2) is 5.87. The van der Waals surface area contributed by atoms with Gasteiger partial charge >= 0.3 is 6.18 Å². The third kappa shape index (κ3) is 2.97. The summed E-state index contributed by atoms with van der Waals surface area (Å²) in [5, 5.41) is 4.08. The standard InChI is InChI=1S/C17H13ClF3N3/c1-10-5-7-11(8-6-10)14-15(17(19,20)21)23-24(16(14)22)13-4-2-3-12(18)9-13/h2-9H,22H2,1H3. The van der Waals surface area contributed by atoms with Crippen molar-refractivity contribution in [2.75, 3.05) is 5.73 Å². The second-order valence-corrected chi connectivity index (χ2v) is 5.80. The fourth-order valence-corrected chi connectivity index (χ4v) is 2.62. The minimum absolute atomic E-state index is 0.0894. The van der Waals surface area contributed by atoms with Gasteiger partial charge in [0.05, 0.1) is 11.3 Å². The summed E-state index contributed by atoms with van der Waals surface area (Å²) in [6, 6.07) is 13.0. The Balaban J connectivity index is 2.26. The van der Waals surface area contributed by atoms with Crippen molar-refractivity contribution in [3.63, 3.8) is 0 Å². The first-order chi connectivity index (χ1) is 11.3. The highest BCUT2D eigenvalue weighted by atomic mass is 35.5. The maximum atomic E-state index is 13.4. The van der Waals surface area contributed by atoms with Crippen LogP contribution in [0.3, 0.4) is 0 Å². The van der Waals surface area contributed by atoms with Gasteiger partial charge in [-0.05, 0) is 30.7 Å². The van der Waals surface area contributed by atoms with Crippen LogP contribution in [0.4, 0.5) is 19.0 Å². The van der Waals surface area contributed by atoms with E-state index in [9.17, 15) is 13.2 Å². The van der Waals surface area contributed by atoms with Crippen molar-refractivity contribution >= 4 is 17.4 Å². The summed E-state index contributed by atoms with van der Waals surface area (Å²) < 4.78 is 41.4. The van der Waals surface area contributed by atoms with E-state index in [0.29, 0.717) is 16.3 Å². The van der Waals surface area contributed by atoms with Crippen LogP contribution >= 0.6 is 11.6 Å². The van der Waals surface area contributed by atoms with E-state index in [2.05, 4.69) is 5.10 Å². The molecule has 0 spiro atoms. The number of nitrogens with zero attached hydrogens (tertiary/aromatic N) is 2. The Labute approximate surface area is 141 Å². The first-order valence-corrected chi connectivity index (χ1v) is 7.44. The van der Waals surface area contributed by atoms with Gasteiger partial charge in [-0.3, -0.25) is 0 Å². The molecule has 2 N–H and O–H groups in total. The smallest absolute Gasteiger partial charge is 0.383 e. The lowest BCUT2D eigenvalue weighted by molar-refractivity contribution is -0.140. The number of nitrogens with two attached hydrogens (primary N) is 1. The fraction of sp³-hybridized carbons (Fsp3) is 0.118. The summed E-state index contributed by atoms with van der Waals surface area (Å²) >= 11 is 5.91.